The van der Waals surface area contributed by atoms with Gasteiger partial charge < -0.3 is 15.2 Å². The number of benzene rings is 1. The first-order valence-corrected chi connectivity index (χ1v) is 8.08. The summed E-state index contributed by atoms with van der Waals surface area (Å²) in [5.41, 5.74) is 9.36. The zero-order valence-electron chi connectivity index (χ0n) is 13.4. The quantitative estimate of drug-likeness (QED) is 0.844. The van der Waals surface area contributed by atoms with Crippen LogP contribution in [0.5, 0.6) is 5.75 Å². The average Bonchev–Trinajstić information content (AvgIpc) is 2.84. The van der Waals surface area contributed by atoms with E-state index < -0.39 is 0 Å². The van der Waals surface area contributed by atoms with Gasteiger partial charge >= 0.3 is 5.97 Å². The second kappa shape index (κ2) is 6.83. The summed E-state index contributed by atoms with van der Waals surface area (Å²) in [5.74, 6) is 0.346. The van der Waals surface area contributed by atoms with Crippen LogP contribution in [0.25, 0.3) is 11.1 Å². The van der Waals surface area contributed by atoms with Gasteiger partial charge in [0, 0.05) is 16.0 Å². The van der Waals surface area contributed by atoms with Crippen LogP contribution in [0.15, 0.2) is 18.2 Å². The van der Waals surface area contributed by atoms with Crippen molar-refractivity contribution in [2.75, 3.05) is 19.5 Å². The number of hydrogen-bond donors (Lipinski definition) is 1. The molecule has 0 aliphatic carbocycles. The molecule has 0 aliphatic heterocycles. The molecule has 0 fully saturated rings. The minimum atomic E-state index is -0.380. The van der Waals surface area contributed by atoms with Crippen molar-refractivity contribution in [3.8, 4) is 16.9 Å². The molecule has 0 atom stereocenters. The molecule has 1 aromatic carbocycles. The molecule has 118 valence electrons. The van der Waals surface area contributed by atoms with Crippen LogP contribution < -0.4 is 10.5 Å². The number of ether oxygens (including phenoxy) is 2. The van der Waals surface area contributed by atoms with Gasteiger partial charge in [0.1, 0.15) is 16.3 Å². The lowest BCUT2D eigenvalue weighted by atomic mass is 9.97. The smallest absolute Gasteiger partial charge is 0.341 e. The highest BCUT2D eigenvalue weighted by atomic mass is 32.1. The van der Waals surface area contributed by atoms with E-state index in [1.54, 1.807) is 14.0 Å². The predicted molar refractivity (Wildman–Crippen MR) is 90.8 cm³/mol. The number of methoxy groups -OCH3 is 1. The van der Waals surface area contributed by atoms with Crippen molar-refractivity contribution in [2.45, 2.75) is 27.2 Å². The molecule has 22 heavy (non-hydrogen) atoms. The minimum Gasteiger partial charge on any atom is -0.496 e. The second-order valence-electron chi connectivity index (χ2n) is 4.92. The SMILES string of the molecule is CCOC(=O)c1c(N)sc(CC)c1-c1cc(C)ccc1OC. The highest BCUT2D eigenvalue weighted by molar-refractivity contribution is 7.17. The van der Waals surface area contributed by atoms with Crippen LogP contribution in [-0.2, 0) is 11.2 Å². The molecule has 0 unspecified atom stereocenters. The normalized spacial score (nSPS) is 10.5. The largest absolute Gasteiger partial charge is 0.496 e. The lowest BCUT2D eigenvalue weighted by Crippen LogP contribution is -2.08. The van der Waals surface area contributed by atoms with Crippen molar-refractivity contribution in [1.82, 2.24) is 0 Å². The standard InChI is InChI=1S/C17H21NO3S/c1-5-13-14(11-9-10(3)7-8-12(11)20-4)15(16(18)22-13)17(19)21-6-2/h7-9H,5-6,18H2,1-4H3. The van der Waals surface area contributed by atoms with Crippen molar-refractivity contribution in [3.63, 3.8) is 0 Å². The van der Waals surface area contributed by atoms with Crippen LogP contribution in [-0.4, -0.2) is 19.7 Å². The van der Waals surface area contributed by atoms with Crippen molar-refractivity contribution in [3.05, 3.63) is 34.2 Å². The number of nitrogen functional groups attached to an aromatic ring is 1. The van der Waals surface area contributed by atoms with E-state index in [1.807, 2.05) is 32.0 Å². The molecule has 0 aliphatic rings. The number of hydrogen-bond acceptors (Lipinski definition) is 5. The third-order valence-corrected chi connectivity index (χ3v) is 4.60. The van der Waals surface area contributed by atoms with Crippen LogP contribution >= 0.6 is 11.3 Å². The lowest BCUT2D eigenvalue weighted by molar-refractivity contribution is 0.0529. The Hall–Kier alpha value is -2.01. The number of aryl methyl sites for hydroxylation is 2. The van der Waals surface area contributed by atoms with Gasteiger partial charge in [0.05, 0.1) is 13.7 Å². The molecule has 0 radical (unpaired) electrons. The number of nitrogens with two attached hydrogens (primary N) is 1. The Bertz CT molecular complexity index is 691. The second-order valence-corrected chi connectivity index (χ2v) is 6.05. The van der Waals surface area contributed by atoms with E-state index in [4.69, 9.17) is 15.2 Å². The fourth-order valence-corrected chi connectivity index (χ4v) is 3.47. The Balaban J connectivity index is 2.73. The van der Waals surface area contributed by atoms with Crippen LogP contribution in [0.2, 0.25) is 0 Å². The first kappa shape index (κ1) is 16.4. The lowest BCUT2D eigenvalue weighted by Gasteiger charge is -2.12. The van der Waals surface area contributed by atoms with Crippen molar-refractivity contribution < 1.29 is 14.3 Å². The van der Waals surface area contributed by atoms with E-state index in [0.717, 1.165) is 33.7 Å². The molecule has 4 nitrogen and oxygen atoms in total. The monoisotopic (exact) mass is 319 g/mol. The van der Waals surface area contributed by atoms with Gasteiger partial charge in [-0.2, -0.15) is 0 Å². The van der Waals surface area contributed by atoms with Crippen LogP contribution in [0.3, 0.4) is 0 Å². The fourth-order valence-electron chi connectivity index (χ4n) is 2.45. The number of carbonyl (C=O) groups is 1. The summed E-state index contributed by atoms with van der Waals surface area (Å²) >= 11 is 1.44. The Morgan fingerprint density at radius 2 is 2.05 bits per heavy atom. The first-order valence-electron chi connectivity index (χ1n) is 7.26. The zero-order chi connectivity index (χ0) is 16.3. The van der Waals surface area contributed by atoms with Gasteiger partial charge in [0.15, 0.2) is 0 Å². The van der Waals surface area contributed by atoms with Crippen LogP contribution in [0.4, 0.5) is 5.00 Å². The van der Waals surface area contributed by atoms with Crippen molar-refractivity contribution in [2.24, 2.45) is 0 Å². The molecule has 0 spiro atoms. The Kier molecular flexibility index (Phi) is 5.08. The molecule has 2 rings (SSSR count). The van der Waals surface area contributed by atoms with Gasteiger partial charge in [-0.15, -0.1) is 11.3 Å². The topological polar surface area (TPSA) is 61.5 Å². The third-order valence-electron chi connectivity index (χ3n) is 3.43. The van der Waals surface area contributed by atoms with E-state index in [1.165, 1.54) is 11.3 Å². The van der Waals surface area contributed by atoms with Gasteiger partial charge in [-0.25, -0.2) is 4.79 Å². The van der Waals surface area contributed by atoms with Crippen molar-refractivity contribution >= 4 is 22.3 Å². The van der Waals surface area contributed by atoms with E-state index >= 15 is 0 Å². The Labute approximate surface area is 134 Å². The maximum Gasteiger partial charge on any atom is 0.341 e. The van der Waals surface area contributed by atoms with E-state index in [9.17, 15) is 4.79 Å². The molecular formula is C17H21NO3S. The maximum atomic E-state index is 12.3. The summed E-state index contributed by atoms with van der Waals surface area (Å²) in [7, 11) is 1.62. The number of anilines is 1. The van der Waals surface area contributed by atoms with Crippen molar-refractivity contribution in [1.29, 1.82) is 0 Å². The van der Waals surface area contributed by atoms with E-state index in [-0.39, 0.29) is 5.97 Å². The minimum absolute atomic E-state index is 0.319. The molecule has 0 amide bonds. The summed E-state index contributed by atoms with van der Waals surface area (Å²) in [6, 6.07) is 5.91. The maximum absolute atomic E-state index is 12.3. The highest BCUT2D eigenvalue weighted by Crippen LogP contribution is 2.43. The van der Waals surface area contributed by atoms with E-state index in [0.29, 0.717) is 17.2 Å². The van der Waals surface area contributed by atoms with Gasteiger partial charge in [-0.3, -0.25) is 0 Å². The Morgan fingerprint density at radius 1 is 1.32 bits per heavy atom. The molecule has 0 saturated carbocycles. The molecule has 1 heterocycles. The molecule has 0 saturated heterocycles. The zero-order valence-corrected chi connectivity index (χ0v) is 14.2. The van der Waals surface area contributed by atoms with Crippen LogP contribution in [0.1, 0.15) is 34.6 Å². The summed E-state index contributed by atoms with van der Waals surface area (Å²) in [5, 5.41) is 0.494. The predicted octanol–water partition coefficient (Wildman–Crippen LogP) is 4.05. The van der Waals surface area contributed by atoms with Gasteiger partial charge in [0.25, 0.3) is 0 Å². The molecule has 5 heteroatoms. The highest BCUT2D eigenvalue weighted by Gasteiger charge is 2.25. The summed E-state index contributed by atoms with van der Waals surface area (Å²) in [6.07, 6.45) is 0.792. The average molecular weight is 319 g/mol. The van der Waals surface area contributed by atoms with E-state index in [2.05, 4.69) is 0 Å². The summed E-state index contributed by atoms with van der Waals surface area (Å²) in [4.78, 5) is 13.4. The molecule has 1 aromatic heterocycles. The molecule has 2 aromatic rings. The molecule has 2 N–H and O–H groups in total. The van der Waals surface area contributed by atoms with Gasteiger partial charge in [-0.05, 0) is 32.4 Å². The van der Waals surface area contributed by atoms with Gasteiger partial charge in [-0.1, -0.05) is 18.6 Å². The summed E-state index contributed by atoms with van der Waals surface area (Å²) < 4.78 is 10.6. The third kappa shape index (κ3) is 2.95. The molecular weight excluding hydrogens is 298 g/mol. The van der Waals surface area contributed by atoms with Crippen LogP contribution in [0, 0.1) is 6.92 Å². The molecule has 0 bridgehead atoms. The number of carbonyl (C=O) groups excluding carboxylic acids is 1. The van der Waals surface area contributed by atoms with Gasteiger partial charge in [0.2, 0.25) is 0 Å². The Morgan fingerprint density at radius 3 is 2.64 bits per heavy atom. The number of rotatable bonds is 5. The number of thiophene rings is 1. The summed E-state index contributed by atoms with van der Waals surface area (Å²) in [6.45, 7) is 6.16. The fraction of sp³-hybridized carbons (Fsp3) is 0.353. The first-order chi connectivity index (χ1) is 10.5. The number of esters is 1.